The van der Waals surface area contributed by atoms with Crippen molar-refractivity contribution in [1.29, 1.82) is 5.26 Å². The van der Waals surface area contributed by atoms with Gasteiger partial charge in [0.2, 0.25) is 5.91 Å². The van der Waals surface area contributed by atoms with E-state index in [1.165, 1.54) is 12.1 Å². The molecule has 1 aromatic rings. The van der Waals surface area contributed by atoms with Crippen LogP contribution in [0.2, 0.25) is 0 Å². The van der Waals surface area contributed by atoms with Gasteiger partial charge in [-0.15, -0.1) is 0 Å². The number of amides is 1. The van der Waals surface area contributed by atoms with Crippen LogP contribution in [0.4, 0.5) is 10.1 Å². The van der Waals surface area contributed by atoms with E-state index in [1.54, 1.807) is 0 Å². The van der Waals surface area contributed by atoms with Crippen molar-refractivity contribution < 1.29 is 9.18 Å². The van der Waals surface area contributed by atoms with Crippen molar-refractivity contribution in [3.8, 4) is 6.07 Å². The highest BCUT2D eigenvalue weighted by Crippen LogP contribution is 2.15. The second kappa shape index (κ2) is 6.61. The maximum absolute atomic E-state index is 13.4. The van der Waals surface area contributed by atoms with Crippen molar-refractivity contribution >= 4 is 11.6 Å². The third-order valence-corrected chi connectivity index (χ3v) is 2.23. The molecule has 0 saturated carbocycles. The highest BCUT2D eigenvalue weighted by molar-refractivity contribution is 5.90. The third-order valence-electron chi connectivity index (χ3n) is 2.23. The maximum Gasteiger partial charge on any atom is 0.224 e. The van der Waals surface area contributed by atoms with Gasteiger partial charge in [0.25, 0.3) is 0 Å². The minimum atomic E-state index is -0.601. The molecular weight excluding hydrogens is 221 g/mol. The molecule has 1 aromatic carbocycles. The molecule has 0 unspecified atom stereocenters. The van der Waals surface area contributed by atoms with E-state index in [0.717, 1.165) is 12.5 Å². The van der Waals surface area contributed by atoms with Crippen molar-refractivity contribution in [3.05, 3.63) is 29.6 Å². The van der Waals surface area contributed by atoms with Crippen molar-refractivity contribution in [3.63, 3.8) is 0 Å². The van der Waals surface area contributed by atoms with E-state index in [-0.39, 0.29) is 17.2 Å². The van der Waals surface area contributed by atoms with Gasteiger partial charge in [-0.25, -0.2) is 4.39 Å². The quantitative estimate of drug-likeness (QED) is 0.763. The molecule has 0 aliphatic carbocycles. The number of benzene rings is 1. The number of carbonyl (C=O) groups excluding carboxylic acids is 1. The summed E-state index contributed by atoms with van der Waals surface area (Å²) in [5.74, 6) is -0.849. The van der Waals surface area contributed by atoms with Gasteiger partial charge in [-0.1, -0.05) is 0 Å². The second-order valence-electron chi connectivity index (χ2n) is 3.60. The molecule has 1 amide bonds. The molecule has 0 fully saturated rings. The summed E-state index contributed by atoms with van der Waals surface area (Å²) in [4.78, 5) is 11.4. The lowest BCUT2D eigenvalue weighted by Crippen LogP contribution is -2.13. The van der Waals surface area contributed by atoms with Gasteiger partial charge in [0.15, 0.2) is 0 Å². The van der Waals surface area contributed by atoms with Crippen molar-refractivity contribution in [2.75, 3.05) is 11.9 Å². The summed E-state index contributed by atoms with van der Waals surface area (Å²) in [6.45, 7) is 0.540. The molecule has 1 rings (SSSR count). The number of anilines is 1. The van der Waals surface area contributed by atoms with Crippen LogP contribution in [0.1, 0.15) is 24.8 Å². The van der Waals surface area contributed by atoms with Gasteiger partial charge in [-0.3, -0.25) is 4.79 Å². The standard InChI is InChI=1S/C12H14FN3O/c13-10-7-9(8-15)4-5-11(10)16-12(17)3-1-2-6-14/h4-5,7H,1-3,6,14H2,(H,16,17). The van der Waals surface area contributed by atoms with Crippen LogP contribution in [0.25, 0.3) is 0 Å². The van der Waals surface area contributed by atoms with Crippen LogP contribution >= 0.6 is 0 Å². The molecule has 0 aromatic heterocycles. The van der Waals surface area contributed by atoms with Gasteiger partial charge in [0.05, 0.1) is 17.3 Å². The fraction of sp³-hybridized carbons (Fsp3) is 0.333. The fourth-order valence-corrected chi connectivity index (χ4v) is 1.33. The number of halogens is 1. The van der Waals surface area contributed by atoms with Crippen molar-refractivity contribution in [1.82, 2.24) is 0 Å². The third kappa shape index (κ3) is 4.21. The van der Waals surface area contributed by atoms with Crippen LogP contribution in [0, 0.1) is 17.1 Å². The number of rotatable bonds is 5. The topological polar surface area (TPSA) is 78.9 Å². The molecule has 0 radical (unpaired) electrons. The van der Waals surface area contributed by atoms with Crippen LogP contribution in [0.3, 0.4) is 0 Å². The van der Waals surface area contributed by atoms with Gasteiger partial charge in [-0.2, -0.15) is 5.26 Å². The first-order valence-electron chi connectivity index (χ1n) is 5.37. The van der Waals surface area contributed by atoms with Crippen LogP contribution in [-0.2, 0) is 4.79 Å². The SMILES string of the molecule is N#Cc1ccc(NC(=O)CCCCN)c(F)c1. The van der Waals surface area contributed by atoms with Crippen molar-refractivity contribution in [2.45, 2.75) is 19.3 Å². The molecule has 0 saturated heterocycles. The van der Waals surface area contributed by atoms with E-state index >= 15 is 0 Å². The lowest BCUT2D eigenvalue weighted by molar-refractivity contribution is -0.116. The zero-order valence-electron chi connectivity index (χ0n) is 9.37. The highest BCUT2D eigenvalue weighted by Gasteiger charge is 2.07. The summed E-state index contributed by atoms with van der Waals surface area (Å²) in [6.07, 6.45) is 1.76. The Hall–Kier alpha value is -1.93. The monoisotopic (exact) mass is 235 g/mol. The number of carbonyl (C=O) groups is 1. The molecule has 5 heteroatoms. The van der Waals surface area contributed by atoms with Crippen LogP contribution in [-0.4, -0.2) is 12.5 Å². The Balaban J connectivity index is 2.57. The number of hydrogen-bond acceptors (Lipinski definition) is 3. The number of nitrogens with two attached hydrogens (primary N) is 1. The summed E-state index contributed by atoms with van der Waals surface area (Å²) in [5, 5.41) is 11.0. The van der Waals surface area contributed by atoms with E-state index in [2.05, 4.69) is 5.32 Å². The number of unbranched alkanes of at least 4 members (excludes halogenated alkanes) is 1. The zero-order valence-corrected chi connectivity index (χ0v) is 9.37. The Morgan fingerprint density at radius 1 is 1.47 bits per heavy atom. The summed E-state index contributed by atoms with van der Waals surface area (Å²) in [6, 6.07) is 5.76. The number of nitrogens with one attached hydrogen (secondary N) is 1. The van der Waals surface area contributed by atoms with Crippen LogP contribution in [0.5, 0.6) is 0 Å². The normalized spacial score (nSPS) is 9.71. The molecule has 4 nitrogen and oxygen atoms in total. The van der Waals surface area contributed by atoms with Crippen LogP contribution < -0.4 is 11.1 Å². The van der Waals surface area contributed by atoms with Gasteiger partial charge in [0.1, 0.15) is 5.82 Å². The average Bonchev–Trinajstić information content (AvgIpc) is 2.32. The number of nitriles is 1. The minimum absolute atomic E-state index is 0.0988. The van der Waals surface area contributed by atoms with E-state index < -0.39 is 5.82 Å². The Labute approximate surface area is 99.2 Å². The van der Waals surface area contributed by atoms with E-state index in [1.807, 2.05) is 6.07 Å². The summed E-state index contributed by atoms with van der Waals surface area (Å²) in [7, 11) is 0. The summed E-state index contributed by atoms with van der Waals surface area (Å²) < 4.78 is 13.4. The first-order chi connectivity index (χ1) is 8.17. The molecule has 0 spiro atoms. The lowest BCUT2D eigenvalue weighted by Gasteiger charge is -2.06. The predicted octanol–water partition coefficient (Wildman–Crippen LogP) is 1.76. The highest BCUT2D eigenvalue weighted by atomic mass is 19.1. The molecule has 0 aliphatic rings. The molecule has 0 bridgehead atoms. The zero-order chi connectivity index (χ0) is 12.7. The molecule has 3 N–H and O–H groups in total. The fourth-order valence-electron chi connectivity index (χ4n) is 1.33. The smallest absolute Gasteiger partial charge is 0.224 e. The molecule has 17 heavy (non-hydrogen) atoms. The largest absolute Gasteiger partial charge is 0.330 e. The van der Waals surface area contributed by atoms with Gasteiger partial charge < -0.3 is 11.1 Å². The van der Waals surface area contributed by atoms with E-state index in [9.17, 15) is 9.18 Å². The van der Waals surface area contributed by atoms with Crippen LogP contribution in [0.15, 0.2) is 18.2 Å². The van der Waals surface area contributed by atoms with E-state index in [0.29, 0.717) is 19.4 Å². The molecule has 0 heterocycles. The molecular formula is C12H14FN3O. The minimum Gasteiger partial charge on any atom is -0.330 e. The summed E-state index contributed by atoms with van der Waals surface area (Å²) in [5.41, 5.74) is 5.63. The molecule has 90 valence electrons. The second-order valence-corrected chi connectivity index (χ2v) is 3.60. The van der Waals surface area contributed by atoms with Gasteiger partial charge in [-0.05, 0) is 37.6 Å². The number of hydrogen-bond donors (Lipinski definition) is 2. The molecule has 0 aliphatic heterocycles. The first-order valence-corrected chi connectivity index (χ1v) is 5.37. The Bertz CT molecular complexity index is 440. The Morgan fingerprint density at radius 2 is 2.24 bits per heavy atom. The van der Waals surface area contributed by atoms with Gasteiger partial charge >= 0.3 is 0 Å². The predicted molar refractivity (Wildman–Crippen MR) is 62.7 cm³/mol. The Kier molecular flexibility index (Phi) is 5.11. The maximum atomic E-state index is 13.4. The van der Waals surface area contributed by atoms with Gasteiger partial charge in [0, 0.05) is 6.42 Å². The summed E-state index contributed by atoms with van der Waals surface area (Å²) >= 11 is 0. The average molecular weight is 235 g/mol. The lowest BCUT2D eigenvalue weighted by atomic mass is 10.2. The number of nitrogens with zero attached hydrogens (tertiary/aromatic N) is 1. The van der Waals surface area contributed by atoms with E-state index in [4.69, 9.17) is 11.0 Å². The first kappa shape index (κ1) is 13.1. The molecule has 0 atom stereocenters. The Morgan fingerprint density at radius 3 is 2.82 bits per heavy atom. The van der Waals surface area contributed by atoms with Crippen molar-refractivity contribution in [2.24, 2.45) is 5.73 Å².